The van der Waals surface area contributed by atoms with Crippen LogP contribution in [-0.4, -0.2) is 29.6 Å². The number of halogens is 2. The maximum Gasteiger partial charge on any atom is 0.241 e. The van der Waals surface area contributed by atoms with Crippen molar-refractivity contribution in [1.29, 1.82) is 0 Å². The third kappa shape index (κ3) is 6.13. The molecule has 0 radical (unpaired) electrons. The van der Waals surface area contributed by atoms with Gasteiger partial charge in [0, 0.05) is 37.6 Å². The molecule has 2 atom stereocenters. The van der Waals surface area contributed by atoms with Crippen molar-refractivity contribution >= 4 is 15.7 Å². The van der Waals surface area contributed by atoms with E-state index in [0.717, 1.165) is 34.4 Å². The third-order valence-electron chi connectivity index (χ3n) is 6.89. The molecule has 7 nitrogen and oxygen atoms in total. The molecule has 4 aromatic rings. The van der Waals surface area contributed by atoms with Crippen molar-refractivity contribution in [2.45, 2.75) is 49.9 Å². The van der Waals surface area contributed by atoms with Gasteiger partial charge in [-0.15, -0.1) is 0 Å². The maximum absolute atomic E-state index is 13.4. The van der Waals surface area contributed by atoms with Crippen LogP contribution in [0.1, 0.15) is 40.8 Å². The Morgan fingerprint density at radius 3 is 2.03 bits per heavy atom. The number of hydrogen-bond acceptors (Lipinski definition) is 6. The van der Waals surface area contributed by atoms with Crippen molar-refractivity contribution in [2.75, 3.05) is 4.90 Å². The van der Waals surface area contributed by atoms with E-state index in [1.54, 1.807) is 36.4 Å². The topological polar surface area (TPSA) is 95.4 Å². The van der Waals surface area contributed by atoms with E-state index in [0.29, 0.717) is 25.1 Å². The first-order valence-corrected chi connectivity index (χ1v) is 14.1. The average molecular weight is 551 g/mol. The number of nitrogens with one attached hydrogen (secondary N) is 1. The lowest BCUT2D eigenvalue weighted by molar-refractivity contribution is 0.151. The van der Waals surface area contributed by atoms with Gasteiger partial charge in [-0.1, -0.05) is 37.3 Å². The van der Waals surface area contributed by atoms with Crippen molar-refractivity contribution < 1.29 is 22.3 Å². The van der Waals surface area contributed by atoms with Gasteiger partial charge in [-0.25, -0.2) is 23.1 Å². The fourth-order valence-electron chi connectivity index (χ4n) is 4.77. The first-order valence-electron chi connectivity index (χ1n) is 12.6. The molecule has 0 saturated heterocycles. The first kappa shape index (κ1) is 26.9. The van der Waals surface area contributed by atoms with Crippen LogP contribution in [-0.2, 0) is 36.0 Å². The van der Waals surface area contributed by atoms with Crippen LogP contribution in [0.15, 0.2) is 84.0 Å². The van der Waals surface area contributed by atoms with Gasteiger partial charge in [0.2, 0.25) is 21.9 Å². The van der Waals surface area contributed by atoms with Gasteiger partial charge in [0.15, 0.2) is 0 Å². The summed E-state index contributed by atoms with van der Waals surface area (Å²) in [4.78, 5) is 9.58. The van der Waals surface area contributed by atoms with E-state index in [9.17, 15) is 22.3 Å². The molecule has 39 heavy (non-hydrogen) atoms. The molecule has 2 N–H and O–H groups in total. The second kappa shape index (κ2) is 11.2. The summed E-state index contributed by atoms with van der Waals surface area (Å²) < 4.78 is 55.9. The number of aromatic nitrogens is 2. The number of aliphatic hydroxyl groups excluding tert-OH is 1. The molecule has 2 aromatic carbocycles. The number of fused-ring (bicyclic) bond motifs is 1. The van der Waals surface area contributed by atoms with E-state index < -0.39 is 34.1 Å². The van der Waals surface area contributed by atoms with E-state index in [4.69, 9.17) is 0 Å². The quantitative estimate of drug-likeness (QED) is 0.299. The van der Waals surface area contributed by atoms with Gasteiger partial charge in [-0.3, -0.25) is 0 Å². The molecular formula is C29H28F2N4O3S. The van der Waals surface area contributed by atoms with Gasteiger partial charge >= 0.3 is 0 Å². The fraction of sp³-hybridized carbons (Fsp3) is 0.241. The van der Waals surface area contributed by atoms with Gasteiger partial charge < -0.3 is 10.0 Å². The highest BCUT2D eigenvalue weighted by Gasteiger charge is 2.35. The zero-order chi connectivity index (χ0) is 27.6. The Kier molecular flexibility index (Phi) is 7.69. The first-order chi connectivity index (χ1) is 18.7. The lowest BCUT2D eigenvalue weighted by Crippen LogP contribution is -2.34. The van der Waals surface area contributed by atoms with Crippen LogP contribution in [0.2, 0.25) is 0 Å². The fourth-order valence-corrected chi connectivity index (χ4v) is 6.01. The van der Waals surface area contributed by atoms with E-state index in [1.165, 1.54) is 24.5 Å². The summed E-state index contributed by atoms with van der Waals surface area (Å²) in [5.74, 6) is -1.17. The number of aliphatic hydroxyl groups is 1. The number of rotatable bonds is 9. The van der Waals surface area contributed by atoms with Crippen molar-refractivity contribution in [2.24, 2.45) is 0 Å². The summed E-state index contributed by atoms with van der Waals surface area (Å²) in [6.07, 6.45) is 3.06. The summed E-state index contributed by atoms with van der Waals surface area (Å²) in [6, 6.07) is 17.3. The normalized spacial score (nSPS) is 16.7. The smallest absolute Gasteiger partial charge is 0.241 e. The molecule has 2 unspecified atom stereocenters. The standard InChI is InChI=1S/C29H28F2N4O3S/c1-2-19-3-9-24(10-4-19)39(37,38)34-29-25-14-23(8-7-22(25)13-26(29)36)35(17-20-5-11-27(30)32-15-20)18-21-6-12-28(31)33-16-21/h3-12,14-16,26,29,34,36H,2,13,17-18H2,1H3. The Bertz CT molecular complexity index is 1500. The highest BCUT2D eigenvalue weighted by molar-refractivity contribution is 7.89. The Morgan fingerprint density at radius 1 is 0.897 bits per heavy atom. The molecule has 202 valence electrons. The molecule has 2 heterocycles. The zero-order valence-electron chi connectivity index (χ0n) is 21.3. The third-order valence-corrected chi connectivity index (χ3v) is 8.35. The molecule has 0 fully saturated rings. The van der Waals surface area contributed by atoms with Crippen LogP contribution < -0.4 is 9.62 Å². The zero-order valence-corrected chi connectivity index (χ0v) is 22.1. The van der Waals surface area contributed by atoms with Crippen LogP contribution in [0.5, 0.6) is 0 Å². The number of hydrogen-bond donors (Lipinski definition) is 2. The molecule has 2 aromatic heterocycles. The van der Waals surface area contributed by atoms with Crippen molar-refractivity contribution in [3.05, 3.63) is 119 Å². The van der Waals surface area contributed by atoms with Crippen molar-refractivity contribution in [3.63, 3.8) is 0 Å². The van der Waals surface area contributed by atoms with Gasteiger partial charge in [0.1, 0.15) is 0 Å². The number of anilines is 1. The lowest BCUT2D eigenvalue weighted by Gasteiger charge is -2.26. The van der Waals surface area contributed by atoms with Gasteiger partial charge in [0.05, 0.1) is 17.0 Å². The number of aryl methyl sites for hydroxylation is 1. The number of nitrogens with zero attached hydrogens (tertiary/aromatic N) is 3. The molecule has 0 spiro atoms. The maximum atomic E-state index is 13.4. The predicted octanol–water partition coefficient (Wildman–Crippen LogP) is 4.46. The molecule has 5 rings (SSSR count). The second-order valence-corrected chi connectivity index (χ2v) is 11.3. The van der Waals surface area contributed by atoms with Crippen LogP contribution in [0, 0.1) is 11.9 Å². The summed E-state index contributed by atoms with van der Waals surface area (Å²) in [5, 5.41) is 10.8. The van der Waals surface area contributed by atoms with E-state index in [1.807, 2.05) is 30.0 Å². The summed E-state index contributed by atoms with van der Waals surface area (Å²) in [5.41, 5.74) is 4.78. The van der Waals surface area contributed by atoms with E-state index in [2.05, 4.69) is 14.7 Å². The number of benzene rings is 2. The molecular weight excluding hydrogens is 522 g/mol. The van der Waals surface area contributed by atoms with Crippen LogP contribution in [0.25, 0.3) is 0 Å². The lowest BCUT2D eigenvalue weighted by atomic mass is 10.1. The van der Waals surface area contributed by atoms with Gasteiger partial charge in [-0.2, -0.15) is 8.78 Å². The summed E-state index contributed by atoms with van der Waals surface area (Å²) >= 11 is 0. The molecule has 0 bridgehead atoms. The largest absolute Gasteiger partial charge is 0.391 e. The Labute approximate surface area is 226 Å². The van der Waals surface area contributed by atoms with Crippen LogP contribution >= 0.6 is 0 Å². The van der Waals surface area contributed by atoms with Crippen LogP contribution in [0.4, 0.5) is 14.5 Å². The molecule has 1 aliphatic carbocycles. The minimum Gasteiger partial charge on any atom is -0.391 e. The Morgan fingerprint density at radius 2 is 1.49 bits per heavy atom. The monoisotopic (exact) mass is 550 g/mol. The summed E-state index contributed by atoms with van der Waals surface area (Å²) in [7, 11) is -3.89. The highest BCUT2D eigenvalue weighted by Crippen LogP contribution is 2.36. The predicted molar refractivity (Wildman–Crippen MR) is 143 cm³/mol. The SMILES string of the molecule is CCc1ccc(S(=O)(=O)NC2c3cc(N(Cc4ccc(F)nc4)Cc4ccc(F)nc4)ccc3CC2O)cc1. The molecule has 1 aliphatic rings. The highest BCUT2D eigenvalue weighted by atomic mass is 32.2. The Hall–Kier alpha value is -3.73. The number of sulfonamides is 1. The molecule has 0 saturated carbocycles. The van der Waals surface area contributed by atoms with Gasteiger partial charge in [0.25, 0.3) is 0 Å². The average Bonchev–Trinajstić information content (AvgIpc) is 3.24. The van der Waals surface area contributed by atoms with E-state index in [-0.39, 0.29) is 4.90 Å². The summed E-state index contributed by atoms with van der Waals surface area (Å²) in [6.45, 7) is 2.70. The minimum absolute atomic E-state index is 0.130. The minimum atomic E-state index is -3.89. The molecule has 10 heteroatoms. The molecule has 0 aliphatic heterocycles. The Balaban J connectivity index is 1.46. The second-order valence-electron chi connectivity index (χ2n) is 9.59. The van der Waals surface area contributed by atoms with Crippen LogP contribution in [0.3, 0.4) is 0 Å². The number of pyridine rings is 2. The van der Waals surface area contributed by atoms with Gasteiger partial charge in [-0.05, 0) is 70.6 Å². The molecule has 0 amide bonds. The van der Waals surface area contributed by atoms with Crippen molar-refractivity contribution in [1.82, 2.24) is 14.7 Å². The van der Waals surface area contributed by atoms with E-state index >= 15 is 0 Å². The van der Waals surface area contributed by atoms with Crippen molar-refractivity contribution in [3.8, 4) is 0 Å².